The van der Waals surface area contributed by atoms with E-state index in [-0.39, 0.29) is 6.04 Å². The van der Waals surface area contributed by atoms with Crippen LogP contribution in [-0.4, -0.2) is 20.2 Å². The second-order valence-corrected chi connectivity index (χ2v) is 4.53. The smallest absolute Gasteiger partial charge is 0.168 e. The van der Waals surface area contributed by atoms with Crippen LogP contribution in [0.5, 0.6) is 0 Å². The molecule has 1 atom stereocenters. The molecular formula is C10H12BrN5. The fraction of sp³-hybridized carbons (Fsp3) is 0.300. The molecule has 2 N–H and O–H groups in total. The Morgan fingerprint density at radius 1 is 1.38 bits per heavy atom. The maximum Gasteiger partial charge on any atom is 0.168 e. The van der Waals surface area contributed by atoms with E-state index < -0.39 is 0 Å². The zero-order chi connectivity index (χ0) is 11.5. The third-order valence-corrected chi connectivity index (χ3v) is 2.74. The lowest BCUT2D eigenvalue weighted by Crippen LogP contribution is -2.15. The van der Waals surface area contributed by atoms with E-state index in [9.17, 15) is 0 Å². The quantitative estimate of drug-likeness (QED) is 0.926. The molecule has 6 heteroatoms. The summed E-state index contributed by atoms with van der Waals surface area (Å²) >= 11 is 3.39. The van der Waals surface area contributed by atoms with Gasteiger partial charge in [0.25, 0.3) is 0 Å². The molecule has 0 aliphatic heterocycles. The largest absolute Gasteiger partial charge is 0.322 e. The molecule has 0 spiro atoms. The van der Waals surface area contributed by atoms with Gasteiger partial charge in [-0.1, -0.05) is 28.1 Å². The molecule has 0 bridgehead atoms. The van der Waals surface area contributed by atoms with Gasteiger partial charge in [-0.15, -0.1) is 5.10 Å². The van der Waals surface area contributed by atoms with Gasteiger partial charge >= 0.3 is 0 Å². The fourth-order valence-corrected chi connectivity index (χ4v) is 1.68. The molecule has 5 nitrogen and oxygen atoms in total. The van der Waals surface area contributed by atoms with Gasteiger partial charge in [0, 0.05) is 4.47 Å². The summed E-state index contributed by atoms with van der Waals surface area (Å²) in [6.45, 7) is 2.50. The molecule has 0 saturated heterocycles. The molecule has 0 aliphatic rings. The zero-order valence-electron chi connectivity index (χ0n) is 8.84. The van der Waals surface area contributed by atoms with Crippen molar-refractivity contribution in [3.05, 3.63) is 40.1 Å². The molecule has 1 heterocycles. The van der Waals surface area contributed by atoms with Gasteiger partial charge in [0.05, 0.1) is 12.6 Å². The van der Waals surface area contributed by atoms with Crippen LogP contribution >= 0.6 is 15.9 Å². The minimum absolute atomic E-state index is 0.162. The Morgan fingerprint density at radius 2 is 2.06 bits per heavy atom. The number of aromatic nitrogens is 4. The number of nitrogens with two attached hydrogens (primary N) is 1. The molecule has 2 aromatic rings. The van der Waals surface area contributed by atoms with E-state index in [1.54, 1.807) is 4.68 Å². The first kappa shape index (κ1) is 11.2. The standard InChI is InChI=1S/C10H12BrN5/c1-7(12)10-13-14-15-16(10)6-8-2-4-9(11)5-3-8/h2-5,7H,6,12H2,1H3. The monoisotopic (exact) mass is 281 g/mol. The highest BCUT2D eigenvalue weighted by atomic mass is 79.9. The van der Waals surface area contributed by atoms with Crippen molar-refractivity contribution in [2.45, 2.75) is 19.5 Å². The SMILES string of the molecule is CC(N)c1nnnn1Cc1ccc(Br)cc1. The van der Waals surface area contributed by atoms with Crippen molar-refractivity contribution in [2.75, 3.05) is 0 Å². The molecule has 0 radical (unpaired) electrons. The molecule has 0 aliphatic carbocycles. The molecule has 84 valence electrons. The Labute approximate surface area is 102 Å². The molecular weight excluding hydrogens is 270 g/mol. The predicted molar refractivity (Wildman–Crippen MR) is 63.7 cm³/mol. The molecule has 0 amide bonds. The number of tetrazole rings is 1. The first-order valence-electron chi connectivity index (χ1n) is 4.93. The first-order valence-corrected chi connectivity index (χ1v) is 5.72. The average molecular weight is 282 g/mol. The van der Waals surface area contributed by atoms with Crippen molar-refractivity contribution in [1.82, 2.24) is 20.2 Å². The summed E-state index contributed by atoms with van der Waals surface area (Å²) in [7, 11) is 0. The highest BCUT2D eigenvalue weighted by molar-refractivity contribution is 9.10. The lowest BCUT2D eigenvalue weighted by molar-refractivity contribution is 0.587. The number of hydrogen-bond donors (Lipinski definition) is 1. The Balaban J connectivity index is 2.20. The Hall–Kier alpha value is -1.27. The minimum Gasteiger partial charge on any atom is -0.322 e. The zero-order valence-corrected chi connectivity index (χ0v) is 10.4. The van der Waals surface area contributed by atoms with Crippen LogP contribution < -0.4 is 5.73 Å². The Bertz CT molecular complexity index is 462. The minimum atomic E-state index is -0.162. The van der Waals surface area contributed by atoms with Gasteiger partial charge in [0.2, 0.25) is 0 Å². The van der Waals surface area contributed by atoms with Gasteiger partial charge in [-0.05, 0) is 35.0 Å². The number of hydrogen-bond acceptors (Lipinski definition) is 4. The predicted octanol–water partition coefficient (Wildman–Crippen LogP) is 1.50. The third-order valence-electron chi connectivity index (χ3n) is 2.21. The van der Waals surface area contributed by atoms with Crippen molar-refractivity contribution in [1.29, 1.82) is 0 Å². The molecule has 2 rings (SSSR count). The van der Waals surface area contributed by atoms with Crippen molar-refractivity contribution >= 4 is 15.9 Å². The summed E-state index contributed by atoms with van der Waals surface area (Å²) in [5, 5.41) is 11.4. The van der Waals surface area contributed by atoms with E-state index in [1.165, 1.54) is 0 Å². The number of halogens is 1. The van der Waals surface area contributed by atoms with E-state index >= 15 is 0 Å². The lowest BCUT2D eigenvalue weighted by atomic mass is 10.2. The second kappa shape index (κ2) is 4.71. The molecule has 0 saturated carbocycles. The van der Waals surface area contributed by atoms with E-state index in [2.05, 4.69) is 31.5 Å². The van der Waals surface area contributed by atoms with Crippen molar-refractivity contribution < 1.29 is 0 Å². The maximum atomic E-state index is 5.77. The highest BCUT2D eigenvalue weighted by Crippen LogP contribution is 2.12. The summed E-state index contributed by atoms with van der Waals surface area (Å²) in [5.41, 5.74) is 6.90. The van der Waals surface area contributed by atoms with Gasteiger partial charge in [-0.25, -0.2) is 4.68 Å². The van der Waals surface area contributed by atoms with E-state index in [0.29, 0.717) is 12.4 Å². The van der Waals surface area contributed by atoms with Crippen LogP contribution in [-0.2, 0) is 6.54 Å². The average Bonchev–Trinajstić information content (AvgIpc) is 2.69. The van der Waals surface area contributed by atoms with Gasteiger partial charge in [0.1, 0.15) is 0 Å². The van der Waals surface area contributed by atoms with Crippen LogP contribution in [0.25, 0.3) is 0 Å². The van der Waals surface area contributed by atoms with E-state index in [4.69, 9.17) is 5.73 Å². The number of nitrogens with zero attached hydrogens (tertiary/aromatic N) is 4. The number of benzene rings is 1. The normalized spacial score (nSPS) is 12.7. The Kier molecular flexibility index (Phi) is 3.31. The van der Waals surface area contributed by atoms with Crippen LogP contribution in [0, 0.1) is 0 Å². The molecule has 16 heavy (non-hydrogen) atoms. The summed E-state index contributed by atoms with van der Waals surface area (Å²) in [5.74, 6) is 0.697. The van der Waals surface area contributed by atoms with Crippen molar-refractivity contribution in [3.63, 3.8) is 0 Å². The molecule has 0 fully saturated rings. The lowest BCUT2D eigenvalue weighted by Gasteiger charge is -2.06. The highest BCUT2D eigenvalue weighted by Gasteiger charge is 2.10. The van der Waals surface area contributed by atoms with Crippen molar-refractivity contribution in [2.24, 2.45) is 5.73 Å². The summed E-state index contributed by atoms with van der Waals surface area (Å²) in [6.07, 6.45) is 0. The summed E-state index contributed by atoms with van der Waals surface area (Å²) < 4.78 is 2.77. The van der Waals surface area contributed by atoms with Crippen LogP contribution in [0.15, 0.2) is 28.7 Å². The van der Waals surface area contributed by atoms with Crippen LogP contribution in [0.4, 0.5) is 0 Å². The Morgan fingerprint density at radius 3 is 2.69 bits per heavy atom. The number of rotatable bonds is 3. The van der Waals surface area contributed by atoms with Crippen LogP contribution in [0.1, 0.15) is 24.4 Å². The van der Waals surface area contributed by atoms with E-state index in [1.807, 2.05) is 31.2 Å². The van der Waals surface area contributed by atoms with Crippen LogP contribution in [0.3, 0.4) is 0 Å². The topological polar surface area (TPSA) is 69.6 Å². The third kappa shape index (κ3) is 2.45. The van der Waals surface area contributed by atoms with Gasteiger partial charge in [-0.2, -0.15) is 0 Å². The van der Waals surface area contributed by atoms with E-state index in [0.717, 1.165) is 10.0 Å². The van der Waals surface area contributed by atoms with Gasteiger partial charge in [0.15, 0.2) is 5.82 Å². The summed E-state index contributed by atoms with van der Waals surface area (Å²) in [6, 6.07) is 7.87. The fourth-order valence-electron chi connectivity index (χ4n) is 1.41. The first-order chi connectivity index (χ1) is 7.66. The van der Waals surface area contributed by atoms with Gasteiger partial charge in [-0.3, -0.25) is 0 Å². The van der Waals surface area contributed by atoms with Crippen molar-refractivity contribution in [3.8, 4) is 0 Å². The maximum absolute atomic E-state index is 5.77. The van der Waals surface area contributed by atoms with Gasteiger partial charge < -0.3 is 5.73 Å². The molecule has 1 aromatic heterocycles. The summed E-state index contributed by atoms with van der Waals surface area (Å²) in [4.78, 5) is 0. The molecule has 1 aromatic carbocycles. The van der Waals surface area contributed by atoms with Crippen LogP contribution in [0.2, 0.25) is 0 Å². The second-order valence-electron chi connectivity index (χ2n) is 3.61. The molecule has 1 unspecified atom stereocenters.